The predicted octanol–water partition coefficient (Wildman–Crippen LogP) is 0.534. The molecule has 0 spiro atoms. The second kappa shape index (κ2) is 7.22. The Morgan fingerprint density at radius 1 is 1.21 bits per heavy atom. The van der Waals surface area contributed by atoms with Gasteiger partial charge in [0.1, 0.15) is 0 Å². The zero-order chi connectivity index (χ0) is 13.7. The smallest absolute Gasteiger partial charge is 0.303 e. The monoisotopic (exact) mass is 270 g/mol. The number of aliphatic carboxylic acids is 1. The highest BCUT2D eigenvalue weighted by Gasteiger charge is 2.27. The van der Waals surface area contributed by atoms with E-state index >= 15 is 0 Å². The average Bonchev–Trinajstić information content (AvgIpc) is 2.39. The summed E-state index contributed by atoms with van der Waals surface area (Å²) in [6.45, 7) is 4.89. The quantitative estimate of drug-likeness (QED) is 0.680. The topological polar surface area (TPSA) is 72.8 Å². The summed E-state index contributed by atoms with van der Waals surface area (Å²) in [7, 11) is 0. The molecular formula is C14H26N2O3. The summed E-state index contributed by atoms with van der Waals surface area (Å²) in [5, 5.41) is 21.8. The van der Waals surface area contributed by atoms with Gasteiger partial charge in [0.25, 0.3) is 0 Å². The molecule has 0 aromatic heterocycles. The van der Waals surface area contributed by atoms with Gasteiger partial charge in [0.2, 0.25) is 0 Å². The molecule has 0 amide bonds. The third-order valence-corrected chi connectivity index (χ3v) is 4.58. The number of hydrogen-bond acceptors (Lipinski definition) is 4. The van der Waals surface area contributed by atoms with E-state index in [2.05, 4.69) is 10.2 Å². The summed E-state index contributed by atoms with van der Waals surface area (Å²) in [4.78, 5) is 13.3. The Kier molecular flexibility index (Phi) is 5.60. The first kappa shape index (κ1) is 14.8. The number of aliphatic hydroxyl groups is 1. The maximum absolute atomic E-state index is 10.9. The van der Waals surface area contributed by atoms with E-state index in [0.717, 1.165) is 58.4 Å². The molecule has 5 heteroatoms. The standard InChI is InChI=1S/C14H26N2O3/c17-13-3-7-16(8-4-13)6-2-12-10-15-5-1-11(12)9-14(18)19/h11-13,15,17H,1-10H2,(H,18,19)/t11-,12-/m0/s1. The maximum atomic E-state index is 10.9. The Morgan fingerprint density at radius 2 is 1.95 bits per heavy atom. The lowest BCUT2D eigenvalue weighted by Gasteiger charge is -2.35. The molecule has 2 fully saturated rings. The molecule has 0 radical (unpaired) electrons. The van der Waals surface area contributed by atoms with E-state index < -0.39 is 5.97 Å². The fourth-order valence-corrected chi connectivity index (χ4v) is 3.30. The number of likely N-dealkylation sites (tertiary alicyclic amines) is 1. The molecule has 0 unspecified atom stereocenters. The Bertz CT molecular complexity index is 290. The van der Waals surface area contributed by atoms with E-state index in [4.69, 9.17) is 5.11 Å². The Labute approximate surface area is 115 Å². The van der Waals surface area contributed by atoms with Crippen LogP contribution < -0.4 is 5.32 Å². The van der Waals surface area contributed by atoms with Crippen molar-refractivity contribution >= 4 is 5.97 Å². The number of carbonyl (C=O) groups is 1. The van der Waals surface area contributed by atoms with Gasteiger partial charge >= 0.3 is 5.97 Å². The van der Waals surface area contributed by atoms with E-state index in [0.29, 0.717) is 18.3 Å². The first-order valence-electron chi connectivity index (χ1n) is 7.48. The molecule has 2 aliphatic rings. The lowest BCUT2D eigenvalue weighted by Crippen LogP contribution is -2.41. The van der Waals surface area contributed by atoms with Crippen molar-refractivity contribution in [2.75, 3.05) is 32.7 Å². The van der Waals surface area contributed by atoms with Gasteiger partial charge in [0.15, 0.2) is 0 Å². The molecule has 3 N–H and O–H groups in total. The van der Waals surface area contributed by atoms with Crippen LogP contribution in [-0.2, 0) is 4.79 Å². The predicted molar refractivity (Wildman–Crippen MR) is 73.0 cm³/mol. The van der Waals surface area contributed by atoms with E-state index in [9.17, 15) is 9.90 Å². The summed E-state index contributed by atoms with van der Waals surface area (Å²) >= 11 is 0. The summed E-state index contributed by atoms with van der Waals surface area (Å²) in [5.41, 5.74) is 0. The molecule has 2 atom stereocenters. The Balaban J connectivity index is 1.74. The highest BCUT2D eigenvalue weighted by molar-refractivity contribution is 5.67. The molecule has 0 aromatic rings. The van der Waals surface area contributed by atoms with Crippen molar-refractivity contribution in [1.82, 2.24) is 10.2 Å². The molecule has 0 saturated carbocycles. The van der Waals surface area contributed by atoms with E-state index in [1.807, 2.05) is 0 Å². The van der Waals surface area contributed by atoms with Crippen LogP contribution in [0, 0.1) is 11.8 Å². The molecule has 0 aromatic carbocycles. The van der Waals surface area contributed by atoms with Gasteiger partial charge in [-0.1, -0.05) is 0 Å². The molecule has 19 heavy (non-hydrogen) atoms. The number of nitrogens with zero attached hydrogens (tertiary/aromatic N) is 1. The molecule has 0 bridgehead atoms. The van der Waals surface area contributed by atoms with Crippen molar-refractivity contribution in [3.63, 3.8) is 0 Å². The highest BCUT2D eigenvalue weighted by atomic mass is 16.4. The first-order valence-corrected chi connectivity index (χ1v) is 7.48. The molecule has 2 aliphatic heterocycles. The van der Waals surface area contributed by atoms with Gasteiger partial charge in [-0.3, -0.25) is 4.79 Å². The summed E-state index contributed by atoms with van der Waals surface area (Å²) in [5.74, 6) is 0.142. The minimum absolute atomic E-state index is 0.118. The first-order chi connectivity index (χ1) is 9.15. The molecule has 2 heterocycles. The zero-order valence-corrected chi connectivity index (χ0v) is 11.6. The minimum atomic E-state index is -0.669. The van der Waals surface area contributed by atoms with Crippen molar-refractivity contribution < 1.29 is 15.0 Å². The minimum Gasteiger partial charge on any atom is -0.481 e. The third kappa shape index (κ3) is 4.75. The number of rotatable bonds is 5. The van der Waals surface area contributed by atoms with Crippen LogP contribution in [-0.4, -0.2) is 59.9 Å². The van der Waals surface area contributed by atoms with Crippen molar-refractivity contribution in [2.45, 2.75) is 38.2 Å². The normalized spacial score (nSPS) is 30.4. The van der Waals surface area contributed by atoms with Gasteiger partial charge in [0.05, 0.1) is 6.10 Å². The lowest BCUT2D eigenvalue weighted by atomic mass is 9.82. The highest BCUT2D eigenvalue weighted by Crippen LogP contribution is 2.26. The summed E-state index contributed by atoms with van der Waals surface area (Å²) < 4.78 is 0. The number of carboxylic acid groups (broad SMARTS) is 1. The SMILES string of the molecule is O=C(O)C[C@@H]1CCNC[C@@H]1CCN1CCC(O)CC1. The van der Waals surface area contributed by atoms with Crippen molar-refractivity contribution in [1.29, 1.82) is 0 Å². The van der Waals surface area contributed by atoms with Crippen LogP contribution >= 0.6 is 0 Å². The molecule has 110 valence electrons. The third-order valence-electron chi connectivity index (χ3n) is 4.58. The molecule has 2 saturated heterocycles. The van der Waals surface area contributed by atoms with E-state index in [-0.39, 0.29) is 6.10 Å². The van der Waals surface area contributed by atoms with Gasteiger partial charge in [-0.15, -0.1) is 0 Å². The fraction of sp³-hybridized carbons (Fsp3) is 0.929. The molecular weight excluding hydrogens is 244 g/mol. The van der Waals surface area contributed by atoms with Gasteiger partial charge in [-0.05, 0) is 57.2 Å². The van der Waals surface area contributed by atoms with Crippen LogP contribution in [0.3, 0.4) is 0 Å². The number of carboxylic acids is 1. The Hall–Kier alpha value is -0.650. The van der Waals surface area contributed by atoms with Crippen molar-refractivity contribution in [3.05, 3.63) is 0 Å². The number of aliphatic hydroxyl groups excluding tert-OH is 1. The van der Waals surface area contributed by atoms with Crippen molar-refractivity contribution in [2.24, 2.45) is 11.8 Å². The summed E-state index contributed by atoms with van der Waals surface area (Å²) in [6, 6.07) is 0. The molecule has 0 aliphatic carbocycles. The zero-order valence-electron chi connectivity index (χ0n) is 11.6. The van der Waals surface area contributed by atoms with E-state index in [1.165, 1.54) is 0 Å². The van der Waals surface area contributed by atoms with Gasteiger partial charge in [-0.25, -0.2) is 0 Å². The van der Waals surface area contributed by atoms with Crippen LogP contribution in [0.25, 0.3) is 0 Å². The second-order valence-electron chi connectivity index (χ2n) is 5.97. The lowest BCUT2D eigenvalue weighted by molar-refractivity contribution is -0.138. The van der Waals surface area contributed by atoms with Crippen LogP contribution in [0.15, 0.2) is 0 Å². The van der Waals surface area contributed by atoms with Gasteiger partial charge in [-0.2, -0.15) is 0 Å². The van der Waals surface area contributed by atoms with Gasteiger partial charge < -0.3 is 20.4 Å². The van der Waals surface area contributed by atoms with Crippen molar-refractivity contribution in [3.8, 4) is 0 Å². The number of piperidine rings is 2. The fourth-order valence-electron chi connectivity index (χ4n) is 3.30. The Morgan fingerprint density at radius 3 is 2.63 bits per heavy atom. The van der Waals surface area contributed by atoms with Gasteiger partial charge in [0, 0.05) is 19.5 Å². The van der Waals surface area contributed by atoms with Crippen LogP contribution in [0.1, 0.15) is 32.1 Å². The van der Waals surface area contributed by atoms with Crippen LogP contribution in [0.5, 0.6) is 0 Å². The summed E-state index contributed by atoms with van der Waals surface area (Å²) in [6.07, 6.45) is 4.00. The maximum Gasteiger partial charge on any atom is 0.303 e. The van der Waals surface area contributed by atoms with E-state index in [1.54, 1.807) is 0 Å². The number of nitrogens with one attached hydrogen (secondary N) is 1. The molecule has 5 nitrogen and oxygen atoms in total. The average molecular weight is 270 g/mol. The van der Waals surface area contributed by atoms with Crippen LogP contribution in [0.4, 0.5) is 0 Å². The number of hydrogen-bond donors (Lipinski definition) is 3. The second-order valence-corrected chi connectivity index (χ2v) is 5.97. The molecule has 2 rings (SSSR count). The largest absolute Gasteiger partial charge is 0.481 e. The van der Waals surface area contributed by atoms with Crippen LogP contribution in [0.2, 0.25) is 0 Å².